The van der Waals surface area contributed by atoms with Gasteiger partial charge < -0.3 is 24.4 Å². The molecule has 0 saturated carbocycles. The average molecular weight is 489 g/mol. The lowest BCUT2D eigenvalue weighted by Crippen LogP contribution is -2.39. The molecule has 1 N–H and O–H groups in total. The monoisotopic (exact) mass is 489 g/mol. The second kappa shape index (κ2) is 10.4. The number of ether oxygens (including phenoxy) is 3. The number of nitrogens with one attached hydrogen (secondary N) is 1. The van der Waals surface area contributed by atoms with Gasteiger partial charge in [0, 0.05) is 57.3 Å². The second-order valence-corrected chi connectivity index (χ2v) is 7.09. The molecule has 1 saturated heterocycles. The van der Waals surface area contributed by atoms with E-state index in [0.29, 0.717) is 19.1 Å². The topological polar surface area (TPSA) is 55.3 Å². The van der Waals surface area contributed by atoms with Gasteiger partial charge in [-0.3, -0.25) is 4.99 Å². The van der Waals surface area contributed by atoms with E-state index in [0.717, 1.165) is 55.6 Å². The Morgan fingerprint density at radius 1 is 1.41 bits per heavy atom. The van der Waals surface area contributed by atoms with Crippen molar-refractivity contribution in [2.24, 2.45) is 10.9 Å². The predicted octanol–water partition coefficient (Wildman–Crippen LogP) is 3.07. The van der Waals surface area contributed by atoms with Crippen LogP contribution in [-0.4, -0.2) is 57.4 Å². The van der Waals surface area contributed by atoms with Gasteiger partial charge in [-0.2, -0.15) is 0 Å². The highest BCUT2D eigenvalue weighted by Gasteiger charge is 2.25. The zero-order valence-electron chi connectivity index (χ0n) is 16.8. The number of methoxy groups -OCH3 is 1. The van der Waals surface area contributed by atoms with Crippen LogP contribution in [0, 0.1) is 5.92 Å². The third-order valence-corrected chi connectivity index (χ3v) is 5.02. The average Bonchev–Trinajstić information content (AvgIpc) is 3.21. The van der Waals surface area contributed by atoms with E-state index < -0.39 is 0 Å². The SMILES string of the molecule is CCOc1cc2c(cc1CNC(=NC)N1CCC(COC)C1)OC(C)C2.I. The highest BCUT2D eigenvalue weighted by molar-refractivity contribution is 14.0. The molecule has 1 aromatic carbocycles. The van der Waals surface area contributed by atoms with Crippen LogP contribution < -0.4 is 14.8 Å². The summed E-state index contributed by atoms with van der Waals surface area (Å²) in [6, 6.07) is 4.24. The lowest BCUT2D eigenvalue weighted by Gasteiger charge is -2.22. The van der Waals surface area contributed by atoms with E-state index in [9.17, 15) is 0 Å². The zero-order chi connectivity index (χ0) is 18.5. The Bertz CT molecular complexity index is 654. The molecule has 0 amide bonds. The summed E-state index contributed by atoms with van der Waals surface area (Å²) in [5.41, 5.74) is 2.34. The predicted molar refractivity (Wildman–Crippen MR) is 119 cm³/mol. The number of benzene rings is 1. The van der Waals surface area contributed by atoms with Crippen LogP contribution in [0.5, 0.6) is 11.5 Å². The Labute approximate surface area is 179 Å². The molecule has 152 valence electrons. The fraction of sp³-hybridized carbons (Fsp3) is 0.650. The molecule has 7 heteroatoms. The number of halogens is 1. The van der Waals surface area contributed by atoms with E-state index in [1.165, 1.54) is 5.56 Å². The fourth-order valence-corrected chi connectivity index (χ4v) is 3.81. The molecule has 27 heavy (non-hydrogen) atoms. The van der Waals surface area contributed by atoms with Crippen molar-refractivity contribution in [3.8, 4) is 11.5 Å². The number of hydrogen-bond acceptors (Lipinski definition) is 4. The summed E-state index contributed by atoms with van der Waals surface area (Å²) in [5, 5.41) is 3.49. The minimum Gasteiger partial charge on any atom is -0.494 e. The quantitative estimate of drug-likeness (QED) is 0.378. The van der Waals surface area contributed by atoms with E-state index in [-0.39, 0.29) is 30.1 Å². The van der Waals surface area contributed by atoms with E-state index >= 15 is 0 Å². The van der Waals surface area contributed by atoms with Crippen LogP contribution in [0.3, 0.4) is 0 Å². The van der Waals surface area contributed by atoms with Crippen LogP contribution >= 0.6 is 24.0 Å². The molecular formula is C20H32IN3O3. The van der Waals surface area contributed by atoms with Crippen molar-refractivity contribution in [1.29, 1.82) is 0 Å². The lowest BCUT2D eigenvalue weighted by molar-refractivity contribution is 0.157. The van der Waals surface area contributed by atoms with E-state index in [1.807, 2.05) is 14.0 Å². The molecule has 3 rings (SSSR count). The molecular weight excluding hydrogens is 457 g/mol. The summed E-state index contributed by atoms with van der Waals surface area (Å²) in [6.07, 6.45) is 2.32. The molecule has 0 bridgehead atoms. The van der Waals surface area contributed by atoms with E-state index in [4.69, 9.17) is 14.2 Å². The minimum absolute atomic E-state index is 0. The normalized spacial score (nSPS) is 21.5. The summed E-state index contributed by atoms with van der Waals surface area (Å²) < 4.78 is 17.1. The highest BCUT2D eigenvalue weighted by Crippen LogP contribution is 2.35. The lowest BCUT2D eigenvalue weighted by atomic mass is 10.1. The van der Waals surface area contributed by atoms with Crippen molar-refractivity contribution in [2.75, 3.05) is 40.5 Å². The van der Waals surface area contributed by atoms with Crippen molar-refractivity contribution in [1.82, 2.24) is 10.2 Å². The third kappa shape index (κ3) is 5.40. The Hall–Kier alpha value is -1.22. The Balaban J connectivity index is 0.00000261. The van der Waals surface area contributed by atoms with Gasteiger partial charge in [0.2, 0.25) is 0 Å². The van der Waals surface area contributed by atoms with Gasteiger partial charge in [-0.1, -0.05) is 0 Å². The molecule has 2 atom stereocenters. The molecule has 2 aliphatic rings. The highest BCUT2D eigenvalue weighted by atomic mass is 127. The number of fused-ring (bicyclic) bond motifs is 1. The Kier molecular flexibility index (Phi) is 8.47. The second-order valence-electron chi connectivity index (χ2n) is 7.09. The summed E-state index contributed by atoms with van der Waals surface area (Å²) >= 11 is 0. The Morgan fingerprint density at radius 3 is 2.93 bits per heavy atom. The fourth-order valence-electron chi connectivity index (χ4n) is 3.81. The summed E-state index contributed by atoms with van der Waals surface area (Å²) in [4.78, 5) is 6.76. The summed E-state index contributed by atoms with van der Waals surface area (Å²) in [5.74, 6) is 3.42. The maximum atomic E-state index is 5.92. The molecule has 2 heterocycles. The van der Waals surface area contributed by atoms with Gasteiger partial charge >= 0.3 is 0 Å². The van der Waals surface area contributed by atoms with E-state index in [1.54, 1.807) is 7.11 Å². The minimum atomic E-state index is 0. The van der Waals surface area contributed by atoms with Crippen LogP contribution in [0.4, 0.5) is 0 Å². The number of aliphatic imine (C=N–C) groups is 1. The smallest absolute Gasteiger partial charge is 0.193 e. The van der Waals surface area contributed by atoms with Gasteiger partial charge in [-0.15, -0.1) is 24.0 Å². The van der Waals surface area contributed by atoms with Crippen molar-refractivity contribution >= 4 is 29.9 Å². The molecule has 1 fully saturated rings. The van der Waals surface area contributed by atoms with Gasteiger partial charge in [-0.25, -0.2) is 0 Å². The standard InChI is InChI=1S/C20H31N3O3.HI/c1-5-25-18-9-16-8-14(2)26-19(16)10-17(18)11-22-20(21-3)23-7-6-15(12-23)13-24-4;/h9-10,14-15H,5-8,11-13H2,1-4H3,(H,21,22);1H. The van der Waals surface area contributed by atoms with E-state index in [2.05, 4.69) is 34.3 Å². The summed E-state index contributed by atoms with van der Waals surface area (Å²) in [7, 11) is 3.60. The number of nitrogens with zero attached hydrogens (tertiary/aromatic N) is 2. The first kappa shape index (κ1) is 22.1. The largest absolute Gasteiger partial charge is 0.494 e. The van der Waals surface area contributed by atoms with Crippen LogP contribution in [0.25, 0.3) is 0 Å². The van der Waals surface area contributed by atoms with Gasteiger partial charge in [0.25, 0.3) is 0 Å². The molecule has 0 spiro atoms. The van der Waals surface area contributed by atoms with Crippen molar-refractivity contribution in [3.63, 3.8) is 0 Å². The first-order valence-corrected chi connectivity index (χ1v) is 9.54. The van der Waals surface area contributed by atoms with Crippen LogP contribution in [0.1, 0.15) is 31.4 Å². The van der Waals surface area contributed by atoms with Gasteiger partial charge in [0.1, 0.15) is 17.6 Å². The maximum Gasteiger partial charge on any atom is 0.193 e. The van der Waals surface area contributed by atoms with Gasteiger partial charge in [0.15, 0.2) is 5.96 Å². The van der Waals surface area contributed by atoms with Crippen LogP contribution in [0.2, 0.25) is 0 Å². The number of rotatable bonds is 6. The van der Waals surface area contributed by atoms with Gasteiger partial charge in [-0.05, 0) is 32.4 Å². The van der Waals surface area contributed by atoms with Crippen molar-refractivity contribution < 1.29 is 14.2 Å². The third-order valence-electron chi connectivity index (χ3n) is 5.02. The number of likely N-dealkylation sites (tertiary alicyclic amines) is 1. The Morgan fingerprint density at radius 2 is 2.22 bits per heavy atom. The first-order chi connectivity index (χ1) is 12.6. The molecule has 2 unspecified atom stereocenters. The molecule has 0 aliphatic carbocycles. The van der Waals surface area contributed by atoms with Crippen LogP contribution in [-0.2, 0) is 17.7 Å². The number of hydrogen-bond donors (Lipinski definition) is 1. The van der Waals surface area contributed by atoms with Crippen molar-refractivity contribution in [2.45, 2.75) is 39.3 Å². The maximum absolute atomic E-state index is 5.92. The number of guanidine groups is 1. The van der Waals surface area contributed by atoms with Gasteiger partial charge in [0.05, 0.1) is 13.2 Å². The summed E-state index contributed by atoms with van der Waals surface area (Å²) in [6.45, 7) is 8.24. The molecule has 0 radical (unpaired) electrons. The molecule has 2 aliphatic heterocycles. The molecule has 0 aromatic heterocycles. The molecule has 1 aromatic rings. The van der Waals surface area contributed by atoms with Crippen molar-refractivity contribution in [3.05, 3.63) is 23.3 Å². The first-order valence-electron chi connectivity index (χ1n) is 9.54. The molecule has 6 nitrogen and oxygen atoms in total. The zero-order valence-corrected chi connectivity index (χ0v) is 19.1. The van der Waals surface area contributed by atoms with Crippen LogP contribution in [0.15, 0.2) is 17.1 Å².